The average Bonchev–Trinajstić information content (AvgIpc) is 2.98. The third-order valence-electron chi connectivity index (χ3n) is 3.71. The van der Waals surface area contributed by atoms with E-state index in [1.54, 1.807) is 6.07 Å². The number of benzene rings is 1. The lowest BCUT2D eigenvalue weighted by Gasteiger charge is -2.16. The normalized spacial score (nSPS) is 18.1. The van der Waals surface area contributed by atoms with E-state index in [1.807, 2.05) is 0 Å². The first kappa shape index (κ1) is 15.1. The molecule has 3 rings (SSSR count). The second-order valence-electron chi connectivity index (χ2n) is 5.38. The molecule has 7 nitrogen and oxygen atoms in total. The molecule has 1 aliphatic heterocycles. The van der Waals surface area contributed by atoms with Crippen molar-refractivity contribution in [1.29, 1.82) is 0 Å². The van der Waals surface area contributed by atoms with Crippen LogP contribution in [-0.4, -0.2) is 33.0 Å². The smallest absolute Gasteiger partial charge is 0.247 e. The van der Waals surface area contributed by atoms with Crippen molar-refractivity contribution in [1.82, 2.24) is 20.5 Å². The second-order valence-corrected chi connectivity index (χ2v) is 5.38. The molecule has 23 heavy (non-hydrogen) atoms. The van der Waals surface area contributed by atoms with Gasteiger partial charge in [-0.05, 0) is 31.0 Å². The Balaban J connectivity index is 1.72. The zero-order valence-corrected chi connectivity index (χ0v) is 12.3. The first-order valence-corrected chi connectivity index (χ1v) is 7.39. The molecule has 1 fully saturated rings. The van der Waals surface area contributed by atoms with E-state index in [2.05, 4.69) is 25.8 Å². The van der Waals surface area contributed by atoms with E-state index in [4.69, 9.17) is 0 Å². The monoisotopic (exact) mass is 317 g/mol. The fourth-order valence-corrected chi connectivity index (χ4v) is 2.50. The zero-order valence-electron chi connectivity index (χ0n) is 12.3. The summed E-state index contributed by atoms with van der Waals surface area (Å²) in [5.74, 6) is -0.694. The minimum absolute atomic E-state index is 0.0664. The molecule has 2 heterocycles. The number of aromatic amines is 1. The number of H-pyrrole nitrogens is 1. The number of aromatic nitrogens is 3. The van der Waals surface area contributed by atoms with Crippen LogP contribution in [-0.2, 0) is 9.59 Å². The van der Waals surface area contributed by atoms with Crippen molar-refractivity contribution >= 4 is 17.5 Å². The molecule has 1 atom stereocenters. The number of rotatable bonds is 3. The van der Waals surface area contributed by atoms with Crippen molar-refractivity contribution in [3.05, 3.63) is 30.3 Å². The maximum Gasteiger partial charge on any atom is 0.247 e. The predicted molar refractivity (Wildman–Crippen MR) is 80.8 cm³/mol. The quantitative estimate of drug-likeness (QED) is 0.800. The number of hydrogen-bond acceptors (Lipinski definition) is 4. The van der Waals surface area contributed by atoms with Crippen molar-refractivity contribution in [3.63, 3.8) is 0 Å². The Bertz CT molecular complexity index is 717. The van der Waals surface area contributed by atoms with E-state index in [-0.39, 0.29) is 11.6 Å². The lowest BCUT2D eigenvalue weighted by molar-refractivity contribution is -0.126. The molecule has 1 aromatic heterocycles. The highest BCUT2D eigenvalue weighted by Gasteiger charge is 2.23. The van der Waals surface area contributed by atoms with Crippen LogP contribution in [0.1, 0.15) is 25.7 Å². The van der Waals surface area contributed by atoms with Gasteiger partial charge in [-0.25, -0.2) is 9.37 Å². The molecule has 120 valence electrons. The Morgan fingerprint density at radius 3 is 2.96 bits per heavy atom. The maximum absolute atomic E-state index is 14.2. The standard InChI is InChI=1S/C15H16FN5O2/c16-10-7-9(14-17-8-18-21-14)5-6-11(10)20-15(23)12-3-1-2-4-13(22)19-12/h5-8,12H,1-4H2,(H,19,22)(H,20,23)(H,17,18,21)/t12-/m0/s1. The highest BCUT2D eigenvalue weighted by molar-refractivity contribution is 5.97. The number of hydrogen-bond donors (Lipinski definition) is 3. The van der Waals surface area contributed by atoms with Crippen molar-refractivity contribution in [3.8, 4) is 11.4 Å². The molecule has 0 unspecified atom stereocenters. The lowest BCUT2D eigenvalue weighted by Crippen LogP contribution is -2.42. The van der Waals surface area contributed by atoms with E-state index < -0.39 is 17.8 Å². The van der Waals surface area contributed by atoms with Crippen LogP contribution in [0.3, 0.4) is 0 Å². The highest BCUT2D eigenvalue weighted by atomic mass is 19.1. The van der Waals surface area contributed by atoms with Gasteiger partial charge in [0.05, 0.1) is 5.69 Å². The molecular formula is C15H16FN5O2. The fraction of sp³-hybridized carbons (Fsp3) is 0.333. The van der Waals surface area contributed by atoms with Gasteiger partial charge >= 0.3 is 0 Å². The van der Waals surface area contributed by atoms with E-state index in [1.165, 1.54) is 18.5 Å². The number of carbonyl (C=O) groups excluding carboxylic acids is 2. The third-order valence-corrected chi connectivity index (χ3v) is 3.71. The molecule has 0 aliphatic carbocycles. The Kier molecular flexibility index (Phi) is 4.31. The average molecular weight is 317 g/mol. The van der Waals surface area contributed by atoms with Crippen LogP contribution in [0.4, 0.5) is 10.1 Å². The summed E-state index contributed by atoms with van der Waals surface area (Å²) < 4.78 is 14.2. The molecule has 1 aliphatic rings. The topological polar surface area (TPSA) is 99.8 Å². The Hall–Kier alpha value is -2.77. The summed E-state index contributed by atoms with van der Waals surface area (Å²) in [6.45, 7) is 0. The number of anilines is 1. The van der Waals surface area contributed by atoms with Crippen molar-refractivity contribution in [2.75, 3.05) is 5.32 Å². The molecule has 0 spiro atoms. The number of nitrogens with zero attached hydrogens (tertiary/aromatic N) is 2. The Labute approximate surface area is 131 Å². The molecular weight excluding hydrogens is 301 g/mol. The van der Waals surface area contributed by atoms with Crippen molar-refractivity contribution in [2.24, 2.45) is 0 Å². The minimum Gasteiger partial charge on any atom is -0.344 e. The third kappa shape index (κ3) is 3.53. The summed E-state index contributed by atoms with van der Waals surface area (Å²) in [4.78, 5) is 27.7. The predicted octanol–water partition coefficient (Wildman–Crippen LogP) is 1.61. The molecule has 1 aromatic carbocycles. The maximum atomic E-state index is 14.2. The van der Waals surface area contributed by atoms with Gasteiger partial charge in [0.1, 0.15) is 18.2 Å². The summed E-state index contributed by atoms with van der Waals surface area (Å²) in [6, 6.07) is 3.73. The number of halogens is 1. The van der Waals surface area contributed by atoms with Gasteiger partial charge in [-0.15, -0.1) is 0 Å². The Morgan fingerprint density at radius 1 is 1.35 bits per heavy atom. The van der Waals surface area contributed by atoms with Gasteiger partial charge in [-0.3, -0.25) is 14.7 Å². The van der Waals surface area contributed by atoms with Crippen LogP contribution in [0, 0.1) is 5.82 Å². The fourth-order valence-electron chi connectivity index (χ4n) is 2.50. The van der Waals surface area contributed by atoms with E-state index >= 15 is 0 Å². The summed E-state index contributed by atoms with van der Waals surface area (Å²) in [6.07, 6.45) is 3.84. The summed E-state index contributed by atoms with van der Waals surface area (Å²) in [5.41, 5.74) is 0.595. The van der Waals surface area contributed by atoms with Gasteiger partial charge in [-0.2, -0.15) is 5.10 Å². The first-order valence-electron chi connectivity index (χ1n) is 7.39. The minimum atomic E-state index is -0.627. The van der Waals surface area contributed by atoms with Crippen LogP contribution in [0.2, 0.25) is 0 Å². The van der Waals surface area contributed by atoms with Gasteiger partial charge < -0.3 is 10.6 Å². The number of nitrogens with one attached hydrogen (secondary N) is 3. The molecule has 3 N–H and O–H groups in total. The largest absolute Gasteiger partial charge is 0.344 e. The zero-order chi connectivity index (χ0) is 16.2. The van der Waals surface area contributed by atoms with Crippen LogP contribution < -0.4 is 10.6 Å². The van der Waals surface area contributed by atoms with E-state index in [0.29, 0.717) is 24.2 Å². The molecule has 2 amide bonds. The summed E-state index contributed by atoms with van der Waals surface area (Å²) in [7, 11) is 0. The van der Waals surface area contributed by atoms with E-state index in [9.17, 15) is 14.0 Å². The molecule has 1 saturated heterocycles. The van der Waals surface area contributed by atoms with Gasteiger partial charge in [0, 0.05) is 12.0 Å². The van der Waals surface area contributed by atoms with Crippen LogP contribution in [0.15, 0.2) is 24.5 Å². The molecule has 2 aromatic rings. The first-order chi connectivity index (χ1) is 11.1. The number of amides is 2. The van der Waals surface area contributed by atoms with Crippen LogP contribution in [0.5, 0.6) is 0 Å². The van der Waals surface area contributed by atoms with Gasteiger partial charge in [0.2, 0.25) is 11.8 Å². The van der Waals surface area contributed by atoms with E-state index in [0.717, 1.165) is 12.8 Å². The molecule has 0 bridgehead atoms. The Morgan fingerprint density at radius 2 is 2.22 bits per heavy atom. The second kappa shape index (κ2) is 6.55. The summed E-state index contributed by atoms with van der Waals surface area (Å²) in [5, 5.41) is 11.5. The van der Waals surface area contributed by atoms with Gasteiger partial charge in [0.25, 0.3) is 0 Å². The molecule has 0 saturated carbocycles. The summed E-state index contributed by atoms with van der Waals surface area (Å²) >= 11 is 0. The van der Waals surface area contributed by atoms with Crippen LogP contribution >= 0.6 is 0 Å². The molecule has 8 heteroatoms. The SMILES string of the molecule is O=C1CCCC[C@@H](C(=O)Nc2ccc(-c3ncn[nH]3)cc2F)N1. The van der Waals surface area contributed by atoms with Gasteiger partial charge in [-0.1, -0.05) is 6.42 Å². The van der Waals surface area contributed by atoms with Crippen LogP contribution in [0.25, 0.3) is 11.4 Å². The highest BCUT2D eigenvalue weighted by Crippen LogP contribution is 2.22. The number of carbonyl (C=O) groups is 2. The van der Waals surface area contributed by atoms with Crippen molar-refractivity contribution in [2.45, 2.75) is 31.7 Å². The van der Waals surface area contributed by atoms with Gasteiger partial charge in [0.15, 0.2) is 5.82 Å². The lowest BCUT2D eigenvalue weighted by atomic mass is 10.1. The van der Waals surface area contributed by atoms with Crippen molar-refractivity contribution < 1.29 is 14.0 Å². The molecule has 0 radical (unpaired) electrons.